The molecule has 0 bridgehead atoms. The van der Waals surface area contributed by atoms with Crippen molar-refractivity contribution in [2.45, 2.75) is 19.8 Å². The van der Waals surface area contributed by atoms with E-state index in [9.17, 15) is 10.1 Å². The summed E-state index contributed by atoms with van der Waals surface area (Å²) in [4.78, 5) is 26.5. The first kappa shape index (κ1) is 42.2. The first-order valence-electron chi connectivity index (χ1n) is 17.7. The predicted octanol–water partition coefficient (Wildman–Crippen LogP) is -8.80. The summed E-state index contributed by atoms with van der Waals surface area (Å²) in [7, 11) is 0. The van der Waals surface area contributed by atoms with Gasteiger partial charge in [0.1, 0.15) is 32.0 Å². The summed E-state index contributed by atoms with van der Waals surface area (Å²) in [6, 6.07) is 0. The Morgan fingerprint density at radius 2 is 0.875 bits per heavy atom. The van der Waals surface area contributed by atoms with Crippen LogP contribution in [0.3, 0.4) is 0 Å². The third-order valence-electron chi connectivity index (χ3n) is 12.8. The molecule has 0 amide bonds. The number of halogens is 4. The molecule has 6 aliphatic heterocycles. The van der Waals surface area contributed by atoms with Crippen LogP contribution in [-0.4, -0.2) is 190 Å². The Hall–Kier alpha value is -0.240. The molecule has 0 atom stereocenters. The zero-order valence-electron chi connectivity index (χ0n) is 28.8. The molecule has 276 valence electrons. The van der Waals surface area contributed by atoms with E-state index in [1.165, 1.54) is 100 Å². The van der Waals surface area contributed by atoms with E-state index < -0.39 is 0 Å². The van der Waals surface area contributed by atoms with Crippen molar-refractivity contribution < 1.29 is 73.8 Å². The molecule has 6 aliphatic rings. The standard InChI is InChI=1S/C31H57N11O2.4BrH/c1-28-34-30(36-8-20-41(21-9-36)14-2-12-39(24-26-41)16-4-32-5-17-39)29(38(43)44)31(35-28)37-10-22-42(23-11-37)15-3-13-40(25-27-42)18-6-33-7-19-40;;;;/h32-33H,2-27H2,1H3;4*1H/q+4;;;;/p-3. The van der Waals surface area contributed by atoms with E-state index in [2.05, 4.69) is 20.4 Å². The summed E-state index contributed by atoms with van der Waals surface area (Å²) in [6.07, 6.45) is 2.56. The van der Waals surface area contributed by atoms with Crippen molar-refractivity contribution in [2.75, 3.05) is 167 Å². The number of piperazine rings is 4. The van der Waals surface area contributed by atoms with Gasteiger partial charge in [0.2, 0.25) is 11.6 Å². The van der Waals surface area contributed by atoms with Crippen molar-refractivity contribution in [3.05, 3.63) is 15.9 Å². The van der Waals surface area contributed by atoms with E-state index in [0.29, 0.717) is 17.5 Å². The highest BCUT2D eigenvalue weighted by molar-refractivity contribution is 8.93. The van der Waals surface area contributed by atoms with Crippen LogP contribution in [-0.2, 0) is 0 Å². The zero-order valence-corrected chi connectivity index (χ0v) is 35.2. The molecule has 7 heterocycles. The van der Waals surface area contributed by atoms with Gasteiger partial charge in [0.15, 0.2) is 0 Å². The summed E-state index contributed by atoms with van der Waals surface area (Å²) in [5, 5.41) is 19.8. The topological polar surface area (TPSA) is 99.5 Å². The van der Waals surface area contributed by atoms with Crippen LogP contribution in [0.4, 0.5) is 17.3 Å². The third-order valence-corrected chi connectivity index (χ3v) is 12.8. The number of quaternary nitrogens is 4. The van der Waals surface area contributed by atoms with E-state index in [1.807, 2.05) is 6.92 Å². The number of aromatic nitrogens is 2. The number of nitrogens with one attached hydrogen (secondary N) is 2. The van der Waals surface area contributed by atoms with E-state index in [-0.39, 0.29) is 78.5 Å². The van der Waals surface area contributed by atoms with Crippen molar-refractivity contribution in [1.29, 1.82) is 0 Å². The third kappa shape index (κ3) is 8.85. The van der Waals surface area contributed by atoms with E-state index in [1.54, 1.807) is 0 Å². The molecule has 0 radical (unpaired) electrons. The number of hydrogen-bond donors (Lipinski definition) is 2. The molecule has 48 heavy (non-hydrogen) atoms. The van der Waals surface area contributed by atoms with Crippen LogP contribution in [0.2, 0.25) is 0 Å². The van der Waals surface area contributed by atoms with Gasteiger partial charge in [-0.05, 0) is 6.92 Å². The maximum absolute atomic E-state index is 12.7. The summed E-state index contributed by atoms with van der Waals surface area (Å²) in [5.41, 5.74) is 0.125. The normalized spacial score (nSPS) is 25.9. The Morgan fingerprint density at radius 3 is 1.19 bits per heavy atom. The Balaban J connectivity index is 0.00000156. The predicted molar refractivity (Wildman–Crippen MR) is 182 cm³/mol. The molecule has 1 aromatic heterocycles. The van der Waals surface area contributed by atoms with Gasteiger partial charge < -0.3 is 89.3 Å². The molecular weight excluding hydrogens is 878 g/mol. The summed E-state index contributed by atoms with van der Waals surface area (Å²) >= 11 is 0. The molecule has 6 saturated heterocycles. The minimum absolute atomic E-state index is 0. The van der Waals surface area contributed by atoms with Crippen molar-refractivity contribution in [3.63, 3.8) is 0 Å². The highest BCUT2D eigenvalue weighted by Gasteiger charge is 2.45. The van der Waals surface area contributed by atoms with Crippen LogP contribution >= 0.6 is 17.0 Å². The lowest BCUT2D eigenvalue weighted by molar-refractivity contribution is -0.964. The van der Waals surface area contributed by atoms with Gasteiger partial charge in [-0.25, -0.2) is 9.97 Å². The number of rotatable bonds is 3. The number of anilines is 2. The second kappa shape index (κ2) is 17.5. The van der Waals surface area contributed by atoms with Gasteiger partial charge in [0.05, 0.1) is 110 Å². The molecule has 0 unspecified atom stereocenters. The molecule has 2 N–H and O–H groups in total. The number of hydrogen-bond acceptors (Lipinski definition) is 8. The first-order valence-corrected chi connectivity index (χ1v) is 17.7. The van der Waals surface area contributed by atoms with Crippen molar-refractivity contribution in [2.24, 2.45) is 0 Å². The molecule has 6 fully saturated rings. The highest BCUT2D eigenvalue weighted by Crippen LogP contribution is 2.37. The van der Waals surface area contributed by atoms with Gasteiger partial charge >= 0.3 is 5.69 Å². The average molecular weight is 936 g/mol. The number of nitrogens with zero attached hydrogens (tertiary/aromatic N) is 9. The lowest BCUT2D eigenvalue weighted by atomic mass is 10.2. The SMILES string of the molecule is Br.Cc1nc(N2CC[N+]3(CCC[N+]4(CCNCC4)CC3)CC2)c([N+](=O)[O-])c(N2CC[N+]3(CCC[N+]4(CCNCC4)CC3)CC2)n1.[Br-].[Br-].[Br-]. The zero-order chi connectivity index (χ0) is 30.3. The summed E-state index contributed by atoms with van der Waals surface area (Å²) < 4.78 is 4.89. The molecule has 4 spiro atoms. The lowest BCUT2D eigenvalue weighted by Crippen LogP contribution is -3.00. The molecule has 1 aromatic rings. The van der Waals surface area contributed by atoms with Crippen molar-refractivity contribution in [3.8, 4) is 0 Å². The fourth-order valence-corrected chi connectivity index (χ4v) is 9.65. The molecular formula is C31H58Br4N11O2+. The minimum atomic E-state index is -0.198. The Bertz CT molecular complexity index is 1120. The van der Waals surface area contributed by atoms with Gasteiger partial charge in [0, 0.05) is 39.0 Å². The van der Waals surface area contributed by atoms with Gasteiger partial charge in [-0.15, -0.1) is 17.0 Å². The summed E-state index contributed by atoms with van der Waals surface area (Å²) in [5.74, 6) is 1.74. The smallest absolute Gasteiger partial charge is 0.353 e. The van der Waals surface area contributed by atoms with Crippen LogP contribution in [0.25, 0.3) is 0 Å². The van der Waals surface area contributed by atoms with Gasteiger partial charge in [-0.1, -0.05) is 0 Å². The number of nitro groups is 1. The van der Waals surface area contributed by atoms with Crippen LogP contribution in [0.1, 0.15) is 18.7 Å². The maximum Gasteiger partial charge on any atom is 0.353 e. The van der Waals surface area contributed by atoms with E-state index in [4.69, 9.17) is 9.97 Å². The van der Waals surface area contributed by atoms with E-state index >= 15 is 0 Å². The molecule has 13 nitrogen and oxygen atoms in total. The monoisotopic (exact) mass is 932 g/mol. The maximum atomic E-state index is 12.7. The molecule has 0 aliphatic carbocycles. The highest BCUT2D eigenvalue weighted by atomic mass is 79.9. The molecule has 7 rings (SSSR count). The number of aryl methyl sites for hydroxylation is 1. The largest absolute Gasteiger partial charge is 1.00 e. The van der Waals surface area contributed by atoms with Gasteiger partial charge in [-0.3, -0.25) is 10.1 Å². The average Bonchev–Trinajstić information content (AvgIpc) is 3.30. The fraction of sp³-hybridized carbons (Fsp3) is 0.871. The quantitative estimate of drug-likeness (QED) is 0.176. The minimum Gasteiger partial charge on any atom is -1.00 e. The fourth-order valence-electron chi connectivity index (χ4n) is 9.65. The van der Waals surface area contributed by atoms with Crippen LogP contribution in [0.15, 0.2) is 0 Å². The second-order valence-corrected chi connectivity index (χ2v) is 15.1. The Morgan fingerprint density at radius 1 is 0.562 bits per heavy atom. The van der Waals surface area contributed by atoms with Crippen LogP contribution in [0, 0.1) is 17.0 Å². The first-order chi connectivity index (χ1) is 21.3. The Kier molecular flexibility index (Phi) is 15.4. The molecule has 0 saturated carbocycles. The lowest BCUT2D eigenvalue weighted by Gasteiger charge is -2.46. The van der Waals surface area contributed by atoms with E-state index in [0.717, 1.165) is 87.5 Å². The van der Waals surface area contributed by atoms with Crippen molar-refractivity contribution >= 4 is 34.3 Å². The second-order valence-electron chi connectivity index (χ2n) is 15.1. The molecule has 17 heteroatoms. The van der Waals surface area contributed by atoms with Crippen molar-refractivity contribution in [1.82, 2.24) is 20.6 Å². The van der Waals surface area contributed by atoms with Crippen LogP contribution < -0.4 is 71.4 Å². The van der Waals surface area contributed by atoms with Crippen LogP contribution in [0.5, 0.6) is 0 Å². The Labute approximate surface area is 329 Å². The van der Waals surface area contributed by atoms with Gasteiger partial charge in [-0.2, -0.15) is 0 Å². The molecule has 0 aromatic carbocycles. The van der Waals surface area contributed by atoms with Gasteiger partial charge in [0.25, 0.3) is 0 Å². The summed E-state index contributed by atoms with van der Waals surface area (Å²) in [6.45, 7) is 29.1.